The highest BCUT2D eigenvalue weighted by Gasteiger charge is 2.12. The molecule has 0 fully saturated rings. The van der Waals surface area contributed by atoms with E-state index in [9.17, 15) is 4.79 Å². The van der Waals surface area contributed by atoms with Gasteiger partial charge in [0.05, 0.1) is 18.8 Å². The van der Waals surface area contributed by atoms with Crippen LogP contribution in [-0.4, -0.2) is 13.1 Å². The first-order chi connectivity index (χ1) is 10.1. The number of hydrogen-bond donors (Lipinski definition) is 2. The molecule has 21 heavy (non-hydrogen) atoms. The molecular formula is C17H20N2O2. The SMILES string of the molecule is COc1ccccc1NC(=O)N[C@@H](C)c1ccccc1C. The molecule has 0 aliphatic carbocycles. The van der Waals surface area contributed by atoms with Crippen molar-refractivity contribution in [1.82, 2.24) is 5.32 Å². The van der Waals surface area contributed by atoms with E-state index in [4.69, 9.17) is 4.74 Å². The minimum atomic E-state index is -0.254. The van der Waals surface area contributed by atoms with Crippen LogP contribution in [0.3, 0.4) is 0 Å². The van der Waals surface area contributed by atoms with E-state index in [2.05, 4.69) is 10.6 Å². The van der Waals surface area contributed by atoms with Crippen LogP contribution in [0.5, 0.6) is 5.75 Å². The molecule has 4 nitrogen and oxygen atoms in total. The molecule has 0 aromatic heterocycles. The fourth-order valence-corrected chi connectivity index (χ4v) is 2.25. The van der Waals surface area contributed by atoms with E-state index in [0.29, 0.717) is 11.4 Å². The number of aryl methyl sites for hydroxylation is 1. The lowest BCUT2D eigenvalue weighted by molar-refractivity contribution is 0.249. The molecule has 2 amide bonds. The van der Waals surface area contributed by atoms with Crippen LogP contribution >= 0.6 is 0 Å². The topological polar surface area (TPSA) is 50.4 Å². The number of anilines is 1. The van der Waals surface area contributed by atoms with Crippen LogP contribution in [0.1, 0.15) is 24.1 Å². The molecule has 0 aliphatic rings. The highest BCUT2D eigenvalue weighted by Crippen LogP contribution is 2.23. The third-order valence-electron chi connectivity index (χ3n) is 3.36. The number of rotatable bonds is 4. The number of hydrogen-bond acceptors (Lipinski definition) is 2. The normalized spacial score (nSPS) is 11.6. The summed E-state index contributed by atoms with van der Waals surface area (Å²) in [5.41, 5.74) is 2.91. The lowest BCUT2D eigenvalue weighted by Crippen LogP contribution is -2.31. The second kappa shape index (κ2) is 6.79. The first-order valence-electron chi connectivity index (χ1n) is 6.88. The van der Waals surface area contributed by atoms with E-state index in [0.717, 1.165) is 11.1 Å². The summed E-state index contributed by atoms with van der Waals surface area (Å²) in [7, 11) is 1.58. The number of amides is 2. The molecule has 2 rings (SSSR count). The number of urea groups is 1. The highest BCUT2D eigenvalue weighted by atomic mass is 16.5. The van der Waals surface area contributed by atoms with E-state index in [1.54, 1.807) is 19.2 Å². The predicted molar refractivity (Wildman–Crippen MR) is 84.7 cm³/mol. The van der Waals surface area contributed by atoms with E-state index in [1.807, 2.05) is 50.2 Å². The molecule has 2 aromatic rings. The molecule has 110 valence electrons. The van der Waals surface area contributed by atoms with Crippen molar-refractivity contribution in [2.75, 3.05) is 12.4 Å². The van der Waals surface area contributed by atoms with Crippen LogP contribution in [0.25, 0.3) is 0 Å². The molecule has 4 heteroatoms. The molecule has 0 spiro atoms. The fourth-order valence-electron chi connectivity index (χ4n) is 2.25. The van der Waals surface area contributed by atoms with Crippen LogP contribution in [-0.2, 0) is 0 Å². The zero-order chi connectivity index (χ0) is 15.2. The van der Waals surface area contributed by atoms with Crippen molar-refractivity contribution in [3.63, 3.8) is 0 Å². The zero-order valence-corrected chi connectivity index (χ0v) is 12.5. The highest BCUT2D eigenvalue weighted by molar-refractivity contribution is 5.91. The van der Waals surface area contributed by atoms with Crippen LogP contribution in [0.4, 0.5) is 10.5 Å². The Balaban J connectivity index is 2.03. The van der Waals surface area contributed by atoms with E-state index in [-0.39, 0.29) is 12.1 Å². The van der Waals surface area contributed by atoms with Gasteiger partial charge in [-0.25, -0.2) is 4.79 Å². The average molecular weight is 284 g/mol. The zero-order valence-electron chi connectivity index (χ0n) is 12.5. The maximum absolute atomic E-state index is 12.1. The van der Waals surface area contributed by atoms with E-state index < -0.39 is 0 Å². The largest absolute Gasteiger partial charge is 0.495 e. The maximum Gasteiger partial charge on any atom is 0.319 e. The van der Waals surface area contributed by atoms with E-state index in [1.165, 1.54) is 0 Å². The Bertz CT molecular complexity index is 626. The molecule has 0 bridgehead atoms. The van der Waals surface area contributed by atoms with Gasteiger partial charge in [-0.1, -0.05) is 36.4 Å². The van der Waals surface area contributed by atoms with Gasteiger partial charge < -0.3 is 15.4 Å². The van der Waals surface area contributed by atoms with Gasteiger partial charge in [0.25, 0.3) is 0 Å². The Morgan fingerprint density at radius 3 is 2.48 bits per heavy atom. The summed E-state index contributed by atoms with van der Waals surface area (Å²) in [5.74, 6) is 0.635. The maximum atomic E-state index is 12.1. The summed E-state index contributed by atoms with van der Waals surface area (Å²) in [6.45, 7) is 4.00. The number of benzene rings is 2. The number of carbonyl (C=O) groups excluding carboxylic acids is 1. The summed E-state index contributed by atoms with van der Waals surface area (Å²) in [6, 6.07) is 15.0. The van der Waals surface area contributed by atoms with Crippen molar-refractivity contribution in [2.45, 2.75) is 19.9 Å². The molecule has 0 saturated heterocycles. The van der Waals surface area contributed by atoms with Gasteiger partial charge in [0.1, 0.15) is 5.75 Å². The fraction of sp³-hybridized carbons (Fsp3) is 0.235. The summed E-state index contributed by atoms with van der Waals surface area (Å²) in [5, 5.41) is 5.74. The van der Waals surface area contributed by atoms with E-state index >= 15 is 0 Å². The molecule has 0 heterocycles. The molecule has 0 aliphatic heterocycles. The monoisotopic (exact) mass is 284 g/mol. The number of methoxy groups -OCH3 is 1. The Morgan fingerprint density at radius 1 is 1.10 bits per heavy atom. The second-order valence-corrected chi connectivity index (χ2v) is 4.88. The van der Waals surface area contributed by atoms with Crippen molar-refractivity contribution in [3.05, 3.63) is 59.7 Å². The smallest absolute Gasteiger partial charge is 0.319 e. The number of ether oxygens (including phenoxy) is 1. The Labute approximate surface area is 125 Å². The van der Waals surface area contributed by atoms with Crippen molar-refractivity contribution in [1.29, 1.82) is 0 Å². The minimum Gasteiger partial charge on any atom is -0.495 e. The molecule has 0 radical (unpaired) electrons. The average Bonchev–Trinajstić information content (AvgIpc) is 2.48. The van der Waals surface area contributed by atoms with Crippen molar-refractivity contribution in [2.24, 2.45) is 0 Å². The number of para-hydroxylation sites is 2. The van der Waals surface area contributed by atoms with Crippen LogP contribution in [0, 0.1) is 6.92 Å². The van der Waals surface area contributed by atoms with Gasteiger partial charge >= 0.3 is 6.03 Å². The quantitative estimate of drug-likeness (QED) is 0.895. The lowest BCUT2D eigenvalue weighted by atomic mass is 10.0. The molecule has 0 saturated carbocycles. The van der Waals surface area contributed by atoms with Crippen LogP contribution < -0.4 is 15.4 Å². The number of carbonyl (C=O) groups is 1. The first-order valence-corrected chi connectivity index (χ1v) is 6.88. The number of nitrogens with one attached hydrogen (secondary N) is 2. The van der Waals surface area contributed by atoms with Gasteiger partial charge in [0.15, 0.2) is 0 Å². The van der Waals surface area contributed by atoms with Crippen molar-refractivity contribution in [3.8, 4) is 5.75 Å². The summed E-state index contributed by atoms with van der Waals surface area (Å²) < 4.78 is 5.21. The van der Waals surface area contributed by atoms with Gasteiger partial charge in [0.2, 0.25) is 0 Å². The third-order valence-corrected chi connectivity index (χ3v) is 3.36. The molecule has 0 unspecified atom stereocenters. The van der Waals surface area contributed by atoms with Gasteiger partial charge in [-0.05, 0) is 37.1 Å². The lowest BCUT2D eigenvalue weighted by Gasteiger charge is -2.17. The van der Waals surface area contributed by atoms with Gasteiger partial charge in [-0.3, -0.25) is 0 Å². The molecular weight excluding hydrogens is 264 g/mol. The Morgan fingerprint density at radius 2 is 1.76 bits per heavy atom. The van der Waals surface area contributed by atoms with Gasteiger partial charge in [0, 0.05) is 0 Å². The Hall–Kier alpha value is -2.49. The predicted octanol–water partition coefficient (Wildman–Crippen LogP) is 3.89. The molecule has 2 aromatic carbocycles. The van der Waals surface area contributed by atoms with Crippen LogP contribution in [0.15, 0.2) is 48.5 Å². The Kier molecular flexibility index (Phi) is 4.82. The van der Waals surface area contributed by atoms with Gasteiger partial charge in [-0.15, -0.1) is 0 Å². The first kappa shape index (κ1) is 14.9. The second-order valence-electron chi connectivity index (χ2n) is 4.88. The molecule has 2 N–H and O–H groups in total. The van der Waals surface area contributed by atoms with Crippen LogP contribution in [0.2, 0.25) is 0 Å². The summed E-state index contributed by atoms with van der Waals surface area (Å²) in [4.78, 5) is 12.1. The van der Waals surface area contributed by atoms with Crippen molar-refractivity contribution >= 4 is 11.7 Å². The molecule has 1 atom stereocenters. The van der Waals surface area contributed by atoms with Gasteiger partial charge in [-0.2, -0.15) is 0 Å². The standard InChI is InChI=1S/C17H20N2O2/c1-12-8-4-5-9-14(12)13(2)18-17(20)19-15-10-6-7-11-16(15)21-3/h4-11,13H,1-3H3,(H2,18,19,20)/t13-/m0/s1. The third kappa shape index (κ3) is 3.75. The van der Waals surface area contributed by atoms with Crippen molar-refractivity contribution < 1.29 is 9.53 Å². The summed E-state index contributed by atoms with van der Waals surface area (Å²) in [6.07, 6.45) is 0. The summed E-state index contributed by atoms with van der Waals surface area (Å²) >= 11 is 0. The minimum absolute atomic E-state index is 0.0686.